The van der Waals surface area contributed by atoms with Gasteiger partial charge in [-0.25, -0.2) is 5.43 Å². The zero-order valence-corrected chi connectivity index (χ0v) is 8.41. The number of hydrazone groups is 1. The number of nitrogens with one attached hydrogen (secondary N) is 1. The Bertz CT molecular complexity index is 377. The molecule has 14 heavy (non-hydrogen) atoms. The van der Waals surface area contributed by atoms with Crippen molar-refractivity contribution in [2.45, 2.75) is 12.2 Å². The van der Waals surface area contributed by atoms with Crippen LogP contribution < -0.4 is 5.43 Å². The number of carbonyl (C=O) groups excluding carboxylic acids is 1. The van der Waals surface area contributed by atoms with E-state index in [0.717, 1.165) is 11.3 Å². The van der Waals surface area contributed by atoms with Crippen molar-refractivity contribution in [1.82, 2.24) is 10.4 Å². The topological polar surface area (TPSA) is 54.4 Å². The number of carbonyl (C=O) groups is 1. The molecule has 0 aliphatic carbocycles. The van der Waals surface area contributed by atoms with Crippen molar-refractivity contribution in [2.75, 3.05) is 0 Å². The first-order chi connectivity index (χ1) is 6.77. The van der Waals surface area contributed by atoms with Gasteiger partial charge in [0.1, 0.15) is 0 Å². The van der Waals surface area contributed by atoms with Gasteiger partial charge in [-0.2, -0.15) is 5.10 Å². The molecule has 2 rings (SSSR count). The minimum absolute atomic E-state index is 0.0890. The lowest BCUT2D eigenvalue weighted by Crippen LogP contribution is -2.29. The van der Waals surface area contributed by atoms with Crippen LogP contribution in [0.3, 0.4) is 0 Å². The summed E-state index contributed by atoms with van der Waals surface area (Å²) in [5, 5.41) is 4.02. The highest BCUT2D eigenvalue weighted by Crippen LogP contribution is 2.20. The van der Waals surface area contributed by atoms with Gasteiger partial charge in [-0.05, 0) is 19.1 Å². The smallest absolute Gasteiger partial charge is 0.265 e. The standard InChI is InChI=1S/C9H9N3OS/c1-6-8(11-12-9(13)14-6)7-2-4-10-5-3-7/h2-6H,1H3,(H,12,13). The molecule has 1 unspecified atom stereocenters. The molecule has 1 aliphatic rings. The summed E-state index contributed by atoms with van der Waals surface area (Å²) in [5.74, 6) is 0. The van der Waals surface area contributed by atoms with E-state index in [0.29, 0.717) is 0 Å². The third-order valence-electron chi connectivity index (χ3n) is 1.91. The van der Waals surface area contributed by atoms with Crippen molar-refractivity contribution in [3.05, 3.63) is 30.1 Å². The van der Waals surface area contributed by atoms with Crippen LogP contribution in [0.15, 0.2) is 29.6 Å². The minimum Gasteiger partial charge on any atom is -0.265 e. The van der Waals surface area contributed by atoms with Crippen LogP contribution in [-0.2, 0) is 0 Å². The number of rotatable bonds is 1. The fourth-order valence-electron chi connectivity index (χ4n) is 1.26. The summed E-state index contributed by atoms with van der Waals surface area (Å²) in [7, 11) is 0. The molecule has 0 aromatic carbocycles. The second-order valence-corrected chi connectivity index (χ2v) is 4.21. The summed E-state index contributed by atoms with van der Waals surface area (Å²) < 4.78 is 0. The van der Waals surface area contributed by atoms with Gasteiger partial charge in [-0.15, -0.1) is 0 Å². The molecule has 0 saturated heterocycles. The van der Waals surface area contributed by atoms with E-state index in [1.54, 1.807) is 12.4 Å². The molecule has 1 aliphatic heterocycles. The monoisotopic (exact) mass is 207 g/mol. The molecule has 0 spiro atoms. The zero-order chi connectivity index (χ0) is 9.97. The lowest BCUT2D eigenvalue weighted by molar-refractivity contribution is 0.261. The van der Waals surface area contributed by atoms with E-state index in [2.05, 4.69) is 15.5 Å². The molecule has 4 nitrogen and oxygen atoms in total. The Morgan fingerprint density at radius 1 is 1.43 bits per heavy atom. The summed E-state index contributed by atoms with van der Waals surface area (Å²) in [4.78, 5) is 14.9. The molecule has 72 valence electrons. The lowest BCUT2D eigenvalue weighted by atomic mass is 10.1. The maximum atomic E-state index is 11.0. The molecule has 0 radical (unpaired) electrons. The Morgan fingerprint density at radius 2 is 2.14 bits per heavy atom. The Hall–Kier alpha value is -1.36. The van der Waals surface area contributed by atoms with Crippen LogP contribution in [0, 0.1) is 0 Å². The predicted octanol–water partition coefficient (Wildman–Crippen LogP) is 1.63. The number of aromatic nitrogens is 1. The summed E-state index contributed by atoms with van der Waals surface area (Å²) in [6.07, 6.45) is 3.43. The van der Waals surface area contributed by atoms with Crippen LogP contribution in [-0.4, -0.2) is 21.2 Å². The molecule has 1 atom stereocenters. The Balaban J connectivity index is 2.31. The Morgan fingerprint density at radius 3 is 2.79 bits per heavy atom. The van der Waals surface area contributed by atoms with E-state index < -0.39 is 0 Å². The first-order valence-corrected chi connectivity index (χ1v) is 5.10. The number of hydrogen-bond donors (Lipinski definition) is 1. The van der Waals surface area contributed by atoms with Crippen LogP contribution in [0.2, 0.25) is 0 Å². The summed E-state index contributed by atoms with van der Waals surface area (Å²) in [6, 6.07) is 3.76. The van der Waals surface area contributed by atoms with E-state index in [-0.39, 0.29) is 10.5 Å². The Labute approximate surface area is 85.8 Å². The van der Waals surface area contributed by atoms with Gasteiger partial charge in [0.15, 0.2) is 0 Å². The van der Waals surface area contributed by atoms with E-state index in [1.807, 2.05) is 19.1 Å². The van der Waals surface area contributed by atoms with Gasteiger partial charge in [0.25, 0.3) is 5.24 Å². The van der Waals surface area contributed by atoms with Crippen LogP contribution in [0.5, 0.6) is 0 Å². The molecule has 1 N–H and O–H groups in total. The molecule has 1 aromatic heterocycles. The molecule has 0 saturated carbocycles. The van der Waals surface area contributed by atoms with Crippen LogP contribution in [0.4, 0.5) is 4.79 Å². The predicted molar refractivity (Wildman–Crippen MR) is 56.4 cm³/mol. The van der Waals surface area contributed by atoms with Gasteiger partial charge < -0.3 is 0 Å². The third kappa shape index (κ3) is 1.77. The van der Waals surface area contributed by atoms with Gasteiger partial charge in [0, 0.05) is 18.0 Å². The summed E-state index contributed by atoms with van der Waals surface area (Å²) in [5.41, 5.74) is 4.34. The minimum atomic E-state index is -0.102. The number of thioether (sulfide) groups is 1. The van der Waals surface area contributed by atoms with Crippen molar-refractivity contribution >= 4 is 22.7 Å². The Kier molecular flexibility index (Phi) is 2.49. The van der Waals surface area contributed by atoms with Gasteiger partial charge in [-0.3, -0.25) is 9.78 Å². The molecular weight excluding hydrogens is 198 g/mol. The zero-order valence-electron chi connectivity index (χ0n) is 7.60. The van der Waals surface area contributed by atoms with Crippen LogP contribution in [0.1, 0.15) is 12.5 Å². The molecule has 1 aromatic rings. The summed E-state index contributed by atoms with van der Waals surface area (Å²) in [6.45, 7) is 1.96. The van der Waals surface area contributed by atoms with Gasteiger partial charge in [-0.1, -0.05) is 11.8 Å². The van der Waals surface area contributed by atoms with Gasteiger partial charge in [0.05, 0.1) is 11.0 Å². The molecule has 0 bridgehead atoms. The quantitative estimate of drug-likeness (QED) is 0.761. The highest BCUT2D eigenvalue weighted by atomic mass is 32.2. The molecule has 1 amide bonds. The van der Waals surface area contributed by atoms with E-state index in [9.17, 15) is 4.79 Å². The van der Waals surface area contributed by atoms with Crippen molar-refractivity contribution in [1.29, 1.82) is 0 Å². The highest BCUT2D eigenvalue weighted by molar-refractivity contribution is 8.14. The second kappa shape index (κ2) is 3.79. The van der Waals surface area contributed by atoms with Crippen molar-refractivity contribution < 1.29 is 4.79 Å². The molecule has 5 heteroatoms. The van der Waals surface area contributed by atoms with E-state index >= 15 is 0 Å². The fraction of sp³-hybridized carbons (Fsp3) is 0.222. The first-order valence-electron chi connectivity index (χ1n) is 4.22. The van der Waals surface area contributed by atoms with Gasteiger partial charge >= 0.3 is 0 Å². The number of hydrogen-bond acceptors (Lipinski definition) is 4. The SMILES string of the molecule is CC1SC(=O)NN=C1c1ccncc1. The van der Waals surface area contributed by atoms with E-state index in [1.165, 1.54) is 11.8 Å². The fourth-order valence-corrected chi connectivity index (χ4v) is 1.98. The first kappa shape index (κ1) is 9.21. The number of amides is 1. The van der Waals surface area contributed by atoms with Crippen molar-refractivity contribution in [3.63, 3.8) is 0 Å². The second-order valence-electron chi connectivity index (χ2n) is 2.89. The number of pyridine rings is 1. The maximum Gasteiger partial charge on any atom is 0.299 e. The molecule has 0 fully saturated rings. The van der Waals surface area contributed by atoms with Crippen molar-refractivity contribution in [2.24, 2.45) is 5.10 Å². The lowest BCUT2D eigenvalue weighted by Gasteiger charge is -2.17. The van der Waals surface area contributed by atoms with Crippen LogP contribution in [0.25, 0.3) is 0 Å². The van der Waals surface area contributed by atoms with Crippen molar-refractivity contribution in [3.8, 4) is 0 Å². The maximum absolute atomic E-state index is 11.0. The number of nitrogens with zero attached hydrogens (tertiary/aromatic N) is 2. The molecule has 2 heterocycles. The normalized spacial score (nSPS) is 21.4. The molecular formula is C9H9N3OS. The average molecular weight is 207 g/mol. The van der Waals surface area contributed by atoms with Gasteiger partial charge in [0.2, 0.25) is 0 Å². The van der Waals surface area contributed by atoms with E-state index in [4.69, 9.17) is 0 Å². The van der Waals surface area contributed by atoms with Crippen LogP contribution >= 0.6 is 11.8 Å². The summed E-state index contributed by atoms with van der Waals surface area (Å²) >= 11 is 1.24. The largest absolute Gasteiger partial charge is 0.299 e. The highest BCUT2D eigenvalue weighted by Gasteiger charge is 2.21. The average Bonchev–Trinajstić information content (AvgIpc) is 2.19. The third-order valence-corrected chi connectivity index (χ3v) is 2.79.